The van der Waals surface area contributed by atoms with Crippen molar-refractivity contribution in [2.24, 2.45) is 0 Å². The number of carbonyl (C=O) groups excluding carboxylic acids is 1. The summed E-state index contributed by atoms with van der Waals surface area (Å²) in [6.45, 7) is 5.92. The Morgan fingerprint density at radius 1 is 1.07 bits per heavy atom. The molecule has 1 aliphatic heterocycles. The molecule has 0 fully saturated rings. The number of nitrogens with zero attached hydrogens (tertiary/aromatic N) is 2. The van der Waals surface area contributed by atoms with Crippen LogP contribution >= 0.6 is 0 Å². The molecule has 8 heteroatoms. The van der Waals surface area contributed by atoms with Gasteiger partial charge < -0.3 is 20.1 Å². The van der Waals surface area contributed by atoms with Gasteiger partial charge in [0.15, 0.2) is 11.5 Å². The number of urea groups is 1. The van der Waals surface area contributed by atoms with Gasteiger partial charge >= 0.3 is 6.03 Å². The van der Waals surface area contributed by atoms with E-state index in [9.17, 15) is 9.18 Å². The number of rotatable bonds is 5. The van der Waals surface area contributed by atoms with Crippen molar-refractivity contribution in [1.82, 2.24) is 20.4 Å². The number of halogens is 1. The van der Waals surface area contributed by atoms with Crippen LogP contribution in [0.5, 0.6) is 11.5 Å². The molecule has 2 heterocycles. The van der Waals surface area contributed by atoms with E-state index in [0.29, 0.717) is 11.5 Å². The third-order valence-electron chi connectivity index (χ3n) is 5.18. The maximum absolute atomic E-state index is 13.2. The highest BCUT2D eigenvalue weighted by Gasteiger charge is 2.19. The number of ether oxygens (including phenoxy) is 2. The molecule has 0 saturated carbocycles. The molecule has 4 rings (SSSR count). The zero-order valence-corrected chi connectivity index (χ0v) is 17.0. The Morgan fingerprint density at radius 2 is 1.77 bits per heavy atom. The highest BCUT2D eigenvalue weighted by atomic mass is 19.1. The van der Waals surface area contributed by atoms with Crippen molar-refractivity contribution in [1.29, 1.82) is 0 Å². The van der Waals surface area contributed by atoms with Gasteiger partial charge in [-0.2, -0.15) is 5.10 Å². The standard InChI is InChI=1S/C22H23FN4O3/c1-13(16-4-9-20-21(10-16)30-12-29-20)25-22(28)26-14(2)19-11-24-27(15(19)3)18-7-5-17(23)6-8-18/h4-11,13-14H,12H2,1-3H3,(H2,25,26,28). The molecule has 30 heavy (non-hydrogen) atoms. The van der Waals surface area contributed by atoms with E-state index in [1.54, 1.807) is 23.0 Å². The van der Waals surface area contributed by atoms with Crippen LogP contribution in [0.15, 0.2) is 48.7 Å². The molecule has 0 saturated heterocycles. The van der Waals surface area contributed by atoms with Gasteiger partial charge in [-0.15, -0.1) is 0 Å². The minimum Gasteiger partial charge on any atom is -0.454 e. The quantitative estimate of drug-likeness (QED) is 0.662. The third-order valence-corrected chi connectivity index (χ3v) is 5.18. The van der Waals surface area contributed by atoms with Crippen LogP contribution < -0.4 is 20.1 Å². The van der Waals surface area contributed by atoms with Gasteiger partial charge in [0.2, 0.25) is 6.79 Å². The van der Waals surface area contributed by atoms with E-state index >= 15 is 0 Å². The summed E-state index contributed by atoms with van der Waals surface area (Å²) in [6, 6.07) is 11.0. The van der Waals surface area contributed by atoms with Crippen LogP contribution in [-0.4, -0.2) is 22.6 Å². The van der Waals surface area contributed by atoms with Gasteiger partial charge in [0, 0.05) is 11.3 Å². The van der Waals surface area contributed by atoms with Gasteiger partial charge in [0.1, 0.15) is 5.82 Å². The molecule has 0 bridgehead atoms. The summed E-state index contributed by atoms with van der Waals surface area (Å²) >= 11 is 0. The van der Waals surface area contributed by atoms with Crippen LogP contribution in [0.4, 0.5) is 9.18 Å². The minimum absolute atomic E-state index is 0.212. The third kappa shape index (κ3) is 3.94. The average molecular weight is 410 g/mol. The van der Waals surface area contributed by atoms with Crippen molar-refractivity contribution < 1.29 is 18.7 Å². The number of amides is 2. The van der Waals surface area contributed by atoms with E-state index in [-0.39, 0.29) is 30.7 Å². The Bertz CT molecular complexity index is 1060. The van der Waals surface area contributed by atoms with Crippen LogP contribution in [0, 0.1) is 12.7 Å². The fourth-order valence-corrected chi connectivity index (χ4v) is 3.47. The van der Waals surface area contributed by atoms with Gasteiger partial charge in [-0.3, -0.25) is 0 Å². The molecule has 0 aliphatic carbocycles. The van der Waals surface area contributed by atoms with Crippen LogP contribution in [-0.2, 0) is 0 Å². The number of benzene rings is 2. The number of hydrogen-bond acceptors (Lipinski definition) is 4. The van der Waals surface area contributed by atoms with E-state index in [1.807, 2.05) is 39.0 Å². The summed E-state index contributed by atoms with van der Waals surface area (Å²) in [7, 11) is 0. The molecule has 2 N–H and O–H groups in total. The Kier molecular flexibility index (Phi) is 5.31. The maximum Gasteiger partial charge on any atom is 0.315 e. The summed E-state index contributed by atoms with van der Waals surface area (Å²) in [5.74, 6) is 1.09. The fourth-order valence-electron chi connectivity index (χ4n) is 3.47. The van der Waals surface area contributed by atoms with Crippen molar-refractivity contribution in [3.63, 3.8) is 0 Å². The highest BCUT2D eigenvalue weighted by molar-refractivity contribution is 5.75. The molecule has 2 aromatic carbocycles. The maximum atomic E-state index is 13.2. The zero-order chi connectivity index (χ0) is 21.3. The van der Waals surface area contributed by atoms with E-state index < -0.39 is 0 Å². The number of hydrogen-bond donors (Lipinski definition) is 2. The lowest BCUT2D eigenvalue weighted by Gasteiger charge is -2.19. The van der Waals surface area contributed by atoms with E-state index in [2.05, 4.69) is 15.7 Å². The van der Waals surface area contributed by atoms with Crippen molar-refractivity contribution in [2.45, 2.75) is 32.9 Å². The normalized spacial score (nSPS) is 14.3. The molecule has 2 amide bonds. The lowest BCUT2D eigenvalue weighted by molar-refractivity contribution is 0.174. The first-order valence-electron chi connectivity index (χ1n) is 9.69. The molecule has 7 nitrogen and oxygen atoms in total. The smallest absolute Gasteiger partial charge is 0.315 e. The van der Waals surface area contributed by atoms with Crippen LogP contribution in [0.1, 0.15) is 42.8 Å². The first-order valence-corrected chi connectivity index (χ1v) is 9.69. The monoisotopic (exact) mass is 410 g/mol. The number of aromatic nitrogens is 2. The first-order chi connectivity index (χ1) is 14.4. The molecule has 0 spiro atoms. The highest BCUT2D eigenvalue weighted by Crippen LogP contribution is 2.34. The van der Waals surface area contributed by atoms with Crippen molar-refractivity contribution in [3.05, 3.63) is 71.3 Å². The number of carbonyl (C=O) groups is 1. The van der Waals surface area contributed by atoms with E-state index in [4.69, 9.17) is 9.47 Å². The molecule has 3 aromatic rings. The molecule has 2 unspecified atom stereocenters. The molecular weight excluding hydrogens is 387 g/mol. The lowest BCUT2D eigenvalue weighted by atomic mass is 10.1. The SMILES string of the molecule is Cc1c(C(C)NC(=O)NC(C)c2ccc3c(c2)OCO3)cnn1-c1ccc(F)cc1. The second-order valence-electron chi connectivity index (χ2n) is 7.25. The van der Waals surface area contributed by atoms with Gasteiger partial charge in [-0.1, -0.05) is 6.07 Å². The number of fused-ring (bicyclic) bond motifs is 1. The fraction of sp³-hybridized carbons (Fsp3) is 0.273. The summed E-state index contributed by atoms with van der Waals surface area (Å²) in [5.41, 5.74) is 3.43. The zero-order valence-electron chi connectivity index (χ0n) is 17.0. The van der Waals surface area contributed by atoms with Crippen LogP contribution in [0.25, 0.3) is 5.69 Å². The van der Waals surface area contributed by atoms with E-state index in [1.165, 1.54) is 12.1 Å². The van der Waals surface area contributed by atoms with Gasteiger partial charge in [-0.05, 0) is 62.7 Å². The lowest BCUT2D eigenvalue weighted by Crippen LogP contribution is -2.38. The van der Waals surface area contributed by atoms with Crippen molar-refractivity contribution in [3.8, 4) is 17.2 Å². The molecule has 1 aromatic heterocycles. The summed E-state index contributed by atoms with van der Waals surface area (Å²) in [5, 5.41) is 10.3. The van der Waals surface area contributed by atoms with Crippen LogP contribution in [0.3, 0.4) is 0 Å². The van der Waals surface area contributed by atoms with Gasteiger partial charge in [-0.25, -0.2) is 13.9 Å². The second-order valence-corrected chi connectivity index (χ2v) is 7.25. The minimum atomic E-state index is -0.299. The second kappa shape index (κ2) is 8.06. The van der Waals surface area contributed by atoms with Gasteiger partial charge in [0.25, 0.3) is 0 Å². The van der Waals surface area contributed by atoms with E-state index in [0.717, 1.165) is 22.5 Å². The number of nitrogens with one attached hydrogen (secondary N) is 2. The predicted molar refractivity (Wildman–Crippen MR) is 109 cm³/mol. The van der Waals surface area contributed by atoms with Crippen LogP contribution in [0.2, 0.25) is 0 Å². The van der Waals surface area contributed by atoms with Crippen molar-refractivity contribution >= 4 is 6.03 Å². The molecular formula is C22H23FN4O3. The summed E-state index contributed by atoms with van der Waals surface area (Å²) < 4.78 is 25.6. The predicted octanol–water partition coefficient (Wildman–Crippen LogP) is 4.17. The Hall–Kier alpha value is -3.55. The molecule has 1 aliphatic rings. The largest absolute Gasteiger partial charge is 0.454 e. The molecule has 0 radical (unpaired) electrons. The van der Waals surface area contributed by atoms with Gasteiger partial charge in [0.05, 0.1) is 24.0 Å². The Morgan fingerprint density at radius 3 is 2.53 bits per heavy atom. The van der Waals surface area contributed by atoms with Crippen molar-refractivity contribution in [2.75, 3.05) is 6.79 Å². The molecule has 2 atom stereocenters. The molecule has 156 valence electrons. The average Bonchev–Trinajstić information content (AvgIpc) is 3.34. The Balaban J connectivity index is 1.40. The first kappa shape index (κ1) is 19.8. The summed E-state index contributed by atoms with van der Waals surface area (Å²) in [4.78, 5) is 12.5. The topological polar surface area (TPSA) is 77.4 Å². The summed E-state index contributed by atoms with van der Waals surface area (Å²) in [6.07, 6.45) is 1.71. The Labute approximate surface area is 173 Å².